The molecule has 5 rings (SSSR count). The number of aliphatic imine (C=N–C) groups is 1. The highest BCUT2D eigenvalue weighted by atomic mass is 32.2. The maximum Gasteiger partial charge on any atom is 0.264 e. The largest absolute Gasteiger partial charge is 0.384 e. The lowest BCUT2D eigenvalue weighted by atomic mass is 9.96. The van der Waals surface area contributed by atoms with Crippen molar-refractivity contribution in [1.82, 2.24) is 15.0 Å². The van der Waals surface area contributed by atoms with Crippen LogP contribution in [0.25, 0.3) is 11.1 Å². The zero-order valence-corrected chi connectivity index (χ0v) is 28.8. The molecule has 1 fully saturated rings. The minimum absolute atomic E-state index is 0.0581. The van der Waals surface area contributed by atoms with E-state index in [4.69, 9.17) is 14.3 Å². The van der Waals surface area contributed by atoms with E-state index in [-0.39, 0.29) is 35.6 Å². The molecule has 2 heterocycles. The van der Waals surface area contributed by atoms with Gasteiger partial charge in [0.1, 0.15) is 11.4 Å². The first-order valence-corrected chi connectivity index (χ1v) is 17.8. The average molecular weight is 664 g/mol. The molecule has 0 atom stereocenters. The van der Waals surface area contributed by atoms with Crippen LogP contribution in [0.5, 0.6) is 0 Å². The van der Waals surface area contributed by atoms with Crippen molar-refractivity contribution in [3.8, 4) is 11.1 Å². The monoisotopic (exact) mass is 663 g/mol. The molecule has 1 aliphatic heterocycles. The van der Waals surface area contributed by atoms with Gasteiger partial charge >= 0.3 is 0 Å². The predicted molar refractivity (Wildman–Crippen MR) is 180 cm³/mol. The first-order valence-electron chi connectivity index (χ1n) is 16.3. The molecule has 0 unspecified atom stereocenters. The van der Waals surface area contributed by atoms with Crippen LogP contribution in [0.1, 0.15) is 80.7 Å². The van der Waals surface area contributed by atoms with Crippen LogP contribution in [0.3, 0.4) is 0 Å². The van der Waals surface area contributed by atoms with Crippen molar-refractivity contribution >= 4 is 33.6 Å². The average Bonchev–Trinajstić information content (AvgIpc) is 3.73. The van der Waals surface area contributed by atoms with Crippen molar-refractivity contribution in [1.29, 1.82) is 0 Å². The van der Waals surface area contributed by atoms with E-state index in [2.05, 4.69) is 16.8 Å². The van der Waals surface area contributed by atoms with E-state index in [0.717, 1.165) is 61.9 Å². The van der Waals surface area contributed by atoms with E-state index in [9.17, 15) is 18.0 Å². The Bertz CT molecular complexity index is 1760. The molecule has 1 aromatic heterocycles. The van der Waals surface area contributed by atoms with Gasteiger partial charge < -0.3 is 14.2 Å². The van der Waals surface area contributed by atoms with Crippen LogP contribution < -0.4 is 4.72 Å². The van der Waals surface area contributed by atoms with E-state index < -0.39 is 15.6 Å². The fraction of sp³-hybridized carbons (Fsp3) is 0.486. The van der Waals surface area contributed by atoms with Crippen LogP contribution in [0.15, 0.2) is 56.9 Å². The Balaban J connectivity index is 1.53. The van der Waals surface area contributed by atoms with E-state index in [1.807, 2.05) is 23.1 Å². The van der Waals surface area contributed by atoms with E-state index in [1.165, 1.54) is 0 Å². The van der Waals surface area contributed by atoms with Gasteiger partial charge in [-0.2, -0.15) is 0 Å². The van der Waals surface area contributed by atoms with E-state index in [1.54, 1.807) is 57.2 Å². The van der Waals surface area contributed by atoms with Gasteiger partial charge in [-0.3, -0.25) is 19.5 Å². The van der Waals surface area contributed by atoms with Gasteiger partial charge in [0.05, 0.1) is 30.2 Å². The molecule has 11 nitrogen and oxygen atoms in total. The number of aryl methyl sites for hydroxylation is 1. The Hall–Kier alpha value is -4.03. The predicted octanol–water partition coefficient (Wildman–Crippen LogP) is 6.00. The summed E-state index contributed by atoms with van der Waals surface area (Å²) < 4.78 is 40.4. The van der Waals surface area contributed by atoms with Crippen molar-refractivity contribution in [2.75, 3.05) is 25.5 Å². The standard InChI is InChI=1S/C35H45N5O6S/c1-6-7-14-31-36-35(18-10-11-19-35)34(42)40(31)22-26-15-16-28(27(21-26)23-39(4)32(41)17-20-45-5)29-12-8-9-13-30(29)47(43,44)38-33-24(2)25(3)37-46-33/h8-9,12-13,15-16,21,38H,6-7,10-11,14,17-20,22-23H2,1-5H3. The second kappa shape index (κ2) is 14.4. The number of aromatic nitrogens is 1. The number of carbonyl (C=O) groups excluding carboxylic acids is 2. The summed E-state index contributed by atoms with van der Waals surface area (Å²) in [4.78, 5) is 35.3. The molecule has 0 radical (unpaired) electrons. The smallest absolute Gasteiger partial charge is 0.264 e. The third kappa shape index (κ3) is 7.28. The number of amidine groups is 1. The summed E-state index contributed by atoms with van der Waals surface area (Å²) in [6, 6.07) is 12.5. The molecule has 47 heavy (non-hydrogen) atoms. The summed E-state index contributed by atoms with van der Waals surface area (Å²) in [5, 5.41) is 3.88. The summed E-state index contributed by atoms with van der Waals surface area (Å²) >= 11 is 0. The second-order valence-electron chi connectivity index (χ2n) is 12.6. The lowest BCUT2D eigenvalue weighted by molar-refractivity contribution is -0.132. The number of ether oxygens (including phenoxy) is 1. The third-order valence-electron chi connectivity index (χ3n) is 9.20. The number of rotatable bonds is 14. The Labute approximate surface area is 277 Å². The number of unbranched alkanes of at least 4 members (excludes halogenated alkanes) is 1. The summed E-state index contributed by atoms with van der Waals surface area (Å²) in [6.07, 6.45) is 6.47. The number of sulfonamides is 1. The van der Waals surface area contributed by atoms with Gasteiger partial charge in [-0.15, -0.1) is 0 Å². The van der Waals surface area contributed by atoms with Gasteiger partial charge in [0.25, 0.3) is 15.9 Å². The van der Waals surface area contributed by atoms with Crippen molar-refractivity contribution in [2.45, 2.75) is 95.7 Å². The van der Waals surface area contributed by atoms with Gasteiger partial charge in [-0.05, 0) is 55.9 Å². The molecule has 0 saturated heterocycles. The van der Waals surface area contributed by atoms with Crippen molar-refractivity contribution in [3.05, 3.63) is 64.8 Å². The molecular weight excluding hydrogens is 618 g/mol. The molecule has 2 amide bonds. The van der Waals surface area contributed by atoms with Crippen LogP contribution >= 0.6 is 0 Å². The molecule has 3 aromatic rings. The number of methoxy groups -OCH3 is 1. The lowest BCUT2D eigenvalue weighted by Gasteiger charge is -2.24. The Morgan fingerprint density at radius 1 is 1.13 bits per heavy atom. The molecule has 1 N–H and O–H groups in total. The maximum absolute atomic E-state index is 13.8. The SMILES string of the molecule is CCCCC1=NC2(CCCC2)C(=O)N1Cc1ccc(-c2ccccc2S(=O)(=O)Nc2onc(C)c2C)c(CN(C)C(=O)CCOC)c1. The number of amides is 2. The molecule has 12 heteroatoms. The number of hydrogen-bond acceptors (Lipinski definition) is 8. The number of carbonyl (C=O) groups is 2. The van der Waals surface area contributed by atoms with Crippen molar-refractivity contribution in [3.63, 3.8) is 0 Å². The molecule has 1 spiro atoms. The highest BCUT2D eigenvalue weighted by molar-refractivity contribution is 7.92. The lowest BCUT2D eigenvalue weighted by Crippen LogP contribution is -2.40. The van der Waals surface area contributed by atoms with Gasteiger partial charge in [-0.25, -0.2) is 13.1 Å². The van der Waals surface area contributed by atoms with Crippen LogP contribution in [0, 0.1) is 13.8 Å². The van der Waals surface area contributed by atoms with Gasteiger partial charge in [0.2, 0.25) is 11.8 Å². The van der Waals surface area contributed by atoms with Gasteiger partial charge in [0, 0.05) is 38.2 Å². The highest BCUT2D eigenvalue weighted by Crippen LogP contribution is 2.40. The Morgan fingerprint density at radius 2 is 1.87 bits per heavy atom. The number of hydrogen-bond donors (Lipinski definition) is 1. The molecule has 2 aromatic carbocycles. The Morgan fingerprint density at radius 3 is 2.55 bits per heavy atom. The van der Waals surface area contributed by atoms with E-state index >= 15 is 0 Å². The fourth-order valence-electron chi connectivity index (χ4n) is 6.35. The van der Waals surface area contributed by atoms with E-state index in [0.29, 0.717) is 35.5 Å². The second-order valence-corrected chi connectivity index (χ2v) is 14.2. The van der Waals surface area contributed by atoms with Crippen LogP contribution in [-0.4, -0.2) is 67.3 Å². The molecule has 1 aliphatic carbocycles. The van der Waals surface area contributed by atoms with Crippen LogP contribution in [0.4, 0.5) is 5.88 Å². The van der Waals surface area contributed by atoms with Crippen molar-refractivity contribution < 1.29 is 27.3 Å². The van der Waals surface area contributed by atoms with Gasteiger partial charge in [-0.1, -0.05) is 67.7 Å². The maximum atomic E-state index is 13.8. The summed E-state index contributed by atoms with van der Waals surface area (Å²) in [5.74, 6) is 0.872. The number of benzene rings is 2. The Kier molecular flexibility index (Phi) is 10.5. The first-order chi connectivity index (χ1) is 22.5. The normalized spacial score (nSPS) is 15.8. The quantitative estimate of drug-likeness (QED) is 0.224. The highest BCUT2D eigenvalue weighted by Gasteiger charge is 2.49. The fourth-order valence-corrected chi connectivity index (χ4v) is 7.62. The summed E-state index contributed by atoms with van der Waals surface area (Å²) in [6.45, 7) is 6.48. The topological polar surface area (TPSA) is 134 Å². The molecule has 1 saturated carbocycles. The minimum Gasteiger partial charge on any atom is -0.384 e. The summed E-state index contributed by atoms with van der Waals surface area (Å²) in [5.41, 5.74) is 3.31. The third-order valence-corrected chi connectivity index (χ3v) is 10.6. The number of anilines is 1. The zero-order chi connectivity index (χ0) is 33.8. The van der Waals surface area contributed by atoms with Crippen LogP contribution in [0.2, 0.25) is 0 Å². The molecule has 2 aliphatic rings. The van der Waals surface area contributed by atoms with Gasteiger partial charge in [0.15, 0.2) is 0 Å². The molecule has 0 bridgehead atoms. The molecular formula is C35H45N5O6S. The zero-order valence-electron chi connectivity index (χ0n) is 28.0. The summed E-state index contributed by atoms with van der Waals surface area (Å²) in [7, 11) is -0.819. The molecule has 252 valence electrons. The number of nitrogens with zero attached hydrogens (tertiary/aromatic N) is 4. The van der Waals surface area contributed by atoms with Crippen molar-refractivity contribution in [2.24, 2.45) is 4.99 Å². The number of nitrogens with one attached hydrogen (secondary N) is 1. The van der Waals surface area contributed by atoms with Crippen LogP contribution in [-0.2, 0) is 37.4 Å². The minimum atomic E-state index is -4.09. The first kappa shape index (κ1) is 34.3.